The molecule has 0 saturated heterocycles. The summed E-state index contributed by atoms with van der Waals surface area (Å²) in [6.45, 7) is 12.1. The molecule has 1 heteroatoms. The van der Waals surface area contributed by atoms with Crippen LogP contribution in [0.25, 0.3) is 0 Å². The van der Waals surface area contributed by atoms with Gasteiger partial charge in [0.15, 0.2) is 0 Å². The van der Waals surface area contributed by atoms with Crippen molar-refractivity contribution < 1.29 is 0 Å². The third-order valence-electron chi connectivity index (χ3n) is 6.02. The van der Waals surface area contributed by atoms with Gasteiger partial charge in [-0.25, -0.2) is 0 Å². The molecule has 18 heavy (non-hydrogen) atoms. The Kier molecular flexibility index (Phi) is 3.92. The smallest absolute Gasteiger partial charge is 0.00858 e. The molecule has 102 valence electrons. The van der Waals surface area contributed by atoms with Gasteiger partial charge in [-0.2, -0.15) is 0 Å². The van der Waals surface area contributed by atoms with Crippen molar-refractivity contribution in [2.24, 2.45) is 17.3 Å². The van der Waals surface area contributed by atoms with Crippen LogP contribution in [0.1, 0.15) is 60.3 Å². The second kappa shape index (κ2) is 5.00. The summed E-state index contributed by atoms with van der Waals surface area (Å²) in [5, 5.41) is 0. The average molecular weight is 263 g/mol. The lowest BCUT2D eigenvalue weighted by Gasteiger charge is -2.40. The highest BCUT2D eigenvalue weighted by molar-refractivity contribution is 6.12. The van der Waals surface area contributed by atoms with E-state index in [1.54, 1.807) is 11.1 Å². The van der Waals surface area contributed by atoms with E-state index in [2.05, 4.69) is 40.7 Å². The summed E-state index contributed by atoms with van der Waals surface area (Å²) in [6.07, 6.45) is 8.17. The summed E-state index contributed by atoms with van der Waals surface area (Å²) in [7, 11) is 1.31. The first-order valence-electron chi connectivity index (χ1n) is 7.76. The monoisotopic (exact) mass is 262 g/mol. The molecule has 0 nitrogen and oxygen atoms in total. The highest BCUT2D eigenvalue weighted by Gasteiger charge is 2.38. The van der Waals surface area contributed by atoms with E-state index in [4.69, 9.17) is 0 Å². The van der Waals surface area contributed by atoms with Crippen LogP contribution in [0.4, 0.5) is 0 Å². The molecule has 0 aromatic heterocycles. The lowest BCUT2D eigenvalue weighted by molar-refractivity contribution is 0.212. The fourth-order valence-electron chi connectivity index (χ4n) is 3.65. The first kappa shape index (κ1) is 14.1. The Morgan fingerprint density at radius 3 is 2.44 bits per heavy atom. The SMILES string of the molecule is CC1=CC(C([SiH3])C(C)(C)C(C)C)C2=C1CCCC2. The average Bonchev–Trinajstić information content (AvgIpc) is 2.66. The van der Waals surface area contributed by atoms with Crippen LogP contribution in [0.5, 0.6) is 0 Å². The van der Waals surface area contributed by atoms with Gasteiger partial charge in [-0.1, -0.05) is 44.9 Å². The van der Waals surface area contributed by atoms with Crippen LogP contribution in [0.3, 0.4) is 0 Å². The first-order valence-corrected chi connectivity index (χ1v) is 8.92. The zero-order valence-electron chi connectivity index (χ0n) is 13.1. The Labute approximate surface area is 116 Å². The minimum atomic E-state index is 0.480. The second-order valence-electron chi connectivity index (χ2n) is 7.35. The minimum Gasteiger partial charge on any atom is -0.0741 e. The van der Waals surface area contributed by atoms with Crippen LogP contribution < -0.4 is 0 Å². The molecule has 0 spiro atoms. The first-order chi connectivity index (χ1) is 8.35. The quantitative estimate of drug-likeness (QED) is 0.666. The van der Waals surface area contributed by atoms with Gasteiger partial charge in [0, 0.05) is 10.2 Å². The number of hydrogen-bond donors (Lipinski definition) is 0. The van der Waals surface area contributed by atoms with E-state index < -0.39 is 0 Å². The molecular formula is C17H30Si. The maximum absolute atomic E-state index is 2.61. The van der Waals surface area contributed by atoms with E-state index in [-0.39, 0.29) is 0 Å². The maximum Gasteiger partial charge on any atom is 0.00858 e. The minimum absolute atomic E-state index is 0.480. The van der Waals surface area contributed by atoms with Gasteiger partial charge in [0.2, 0.25) is 0 Å². The van der Waals surface area contributed by atoms with E-state index in [0.29, 0.717) is 5.41 Å². The summed E-state index contributed by atoms with van der Waals surface area (Å²) < 4.78 is 0. The Hall–Kier alpha value is -0.303. The molecule has 0 saturated carbocycles. The fourth-order valence-corrected chi connectivity index (χ4v) is 4.91. The highest BCUT2D eigenvalue weighted by atomic mass is 28.1. The van der Waals surface area contributed by atoms with Crippen molar-refractivity contribution in [2.75, 3.05) is 0 Å². The summed E-state index contributed by atoms with van der Waals surface area (Å²) in [5.74, 6) is 1.56. The molecule has 0 aliphatic heterocycles. The van der Waals surface area contributed by atoms with Crippen molar-refractivity contribution in [2.45, 2.75) is 65.8 Å². The van der Waals surface area contributed by atoms with Gasteiger partial charge in [0.05, 0.1) is 0 Å². The van der Waals surface area contributed by atoms with Gasteiger partial charge < -0.3 is 0 Å². The van der Waals surface area contributed by atoms with E-state index in [9.17, 15) is 0 Å². The van der Waals surface area contributed by atoms with Crippen molar-refractivity contribution in [1.82, 2.24) is 0 Å². The van der Waals surface area contributed by atoms with Gasteiger partial charge in [-0.3, -0.25) is 0 Å². The zero-order chi connectivity index (χ0) is 13.5. The topological polar surface area (TPSA) is 0 Å². The fraction of sp³-hybridized carbons (Fsp3) is 0.765. The predicted molar refractivity (Wildman–Crippen MR) is 85.0 cm³/mol. The summed E-state index contributed by atoms with van der Waals surface area (Å²) in [4.78, 5) is 0. The molecule has 0 N–H and O–H groups in total. The van der Waals surface area contributed by atoms with Crippen LogP contribution in [-0.2, 0) is 0 Å². The summed E-state index contributed by atoms with van der Waals surface area (Å²) in [5.41, 5.74) is 6.54. The van der Waals surface area contributed by atoms with Crippen molar-refractivity contribution in [3.05, 3.63) is 22.8 Å². The highest BCUT2D eigenvalue weighted by Crippen LogP contribution is 2.51. The van der Waals surface area contributed by atoms with Crippen LogP contribution in [0.15, 0.2) is 22.8 Å². The Bertz CT molecular complexity index is 384. The molecule has 2 rings (SSSR count). The van der Waals surface area contributed by atoms with Crippen LogP contribution in [-0.4, -0.2) is 10.2 Å². The summed E-state index contributed by atoms with van der Waals surface area (Å²) in [6, 6.07) is 0. The van der Waals surface area contributed by atoms with Gasteiger partial charge in [-0.05, 0) is 61.0 Å². The third kappa shape index (κ3) is 2.26. The van der Waals surface area contributed by atoms with Crippen molar-refractivity contribution in [3.8, 4) is 0 Å². The molecule has 2 atom stereocenters. The van der Waals surface area contributed by atoms with E-state index in [1.165, 1.54) is 35.9 Å². The largest absolute Gasteiger partial charge is 0.0741 e. The Balaban J connectivity index is 2.27. The molecule has 0 heterocycles. The van der Waals surface area contributed by atoms with E-state index in [0.717, 1.165) is 17.4 Å². The normalized spacial score (nSPS) is 26.6. The van der Waals surface area contributed by atoms with E-state index in [1.807, 2.05) is 5.57 Å². The van der Waals surface area contributed by atoms with Gasteiger partial charge >= 0.3 is 0 Å². The predicted octanol–water partition coefficient (Wildman–Crippen LogP) is 4.27. The van der Waals surface area contributed by atoms with Gasteiger partial charge in [0.1, 0.15) is 0 Å². The third-order valence-corrected chi connectivity index (χ3v) is 8.22. The molecule has 0 bridgehead atoms. The van der Waals surface area contributed by atoms with Gasteiger partial charge in [0.25, 0.3) is 0 Å². The zero-order valence-corrected chi connectivity index (χ0v) is 15.1. The van der Waals surface area contributed by atoms with Crippen molar-refractivity contribution in [3.63, 3.8) is 0 Å². The molecule has 0 radical (unpaired) electrons. The Morgan fingerprint density at radius 1 is 1.22 bits per heavy atom. The molecule has 2 aliphatic carbocycles. The Morgan fingerprint density at radius 2 is 1.83 bits per heavy atom. The van der Waals surface area contributed by atoms with Crippen LogP contribution in [0.2, 0.25) is 5.54 Å². The standard InChI is InChI=1S/C17H30Si/c1-11(2)17(4,5)16(18)15-10-12(3)13-8-6-7-9-14(13)15/h10-11,15-16H,6-9H2,1-5,18H3. The molecule has 0 aromatic carbocycles. The molecule has 0 aromatic rings. The lowest BCUT2D eigenvalue weighted by atomic mass is 9.71. The lowest BCUT2D eigenvalue weighted by Crippen LogP contribution is -2.30. The molecule has 2 unspecified atom stereocenters. The molecular weight excluding hydrogens is 232 g/mol. The number of allylic oxidation sites excluding steroid dienone is 4. The van der Waals surface area contributed by atoms with Crippen LogP contribution in [0, 0.1) is 17.3 Å². The van der Waals surface area contributed by atoms with Gasteiger partial charge in [-0.15, -0.1) is 0 Å². The number of rotatable bonds is 3. The molecule has 0 fully saturated rings. The van der Waals surface area contributed by atoms with Crippen molar-refractivity contribution in [1.29, 1.82) is 0 Å². The summed E-state index contributed by atoms with van der Waals surface area (Å²) >= 11 is 0. The van der Waals surface area contributed by atoms with Crippen molar-refractivity contribution >= 4 is 10.2 Å². The molecule has 2 aliphatic rings. The number of hydrogen-bond acceptors (Lipinski definition) is 0. The van der Waals surface area contributed by atoms with E-state index >= 15 is 0 Å². The molecule has 0 amide bonds. The maximum atomic E-state index is 2.61. The van der Waals surface area contributed by atoms with Crippen LogP contribution >= 0.6 is 0 Å². The second-order valence-corrected chi connectivity index (χ2v) is 8.60.